The standard InChI is InChI=1S/C16H23NO2/c1-12(2)14-3-5-15(6-4-14)16(19)17-9-7-13(11-17)8-10-18/h3-6,12-13,18H,7-11H2,1-2H3. The fourth-order valence-corrected chi connectivity index (χ4v) is 2.63. The quantitative estimate of drug-likeness (QED) is 0.905. The van der Waals surface area contributed by atoms with Crippen molar-refractivity contribution in [3.05, 3.63) is 35.4 Å². The summed E-state index contributed by atoms with van der Waals surface area (Å²) in [5, 5.41) is 8.95. The summed E-state index contributed by atoms with van der Waals surface area (Å²) in [6.45, 7) is 6.12. The molecule has 1 unspecified atom stereocenters. The summed E-state index contributed by atoms with van der Waals surface area (Å²) < 4.78 is 0. The largest absolute Gasteiger partial charge is 0.396 e. The maximum atomic E-state index is 12.3. The van der Waals surface area contributed by atoms with Crippen LogP contribution in [-0.4, -0.2) is 35.6 Å². The molecule has 0 radical (unpaired) electrons. The number of likely N-dealkylation sites (tertiary alicyclic amines) is 1. The molecule has 1 amide bonds. The van der Waals surface area contributed by atoms with E-state index in [-0.39, 0.29) is 12.5 Å². The smallest absolute Gasteiger partial charge is 0.253 e. The van der Waals surface area contributed by atoms with Gasteiger partial charge in [0, 0.05) is 25.3 Å². The van der Waals surface area contributed by atoms with Gasteiger partial charge in [-0.15, -0.1) is 0 Å². The number of carbonyl (C=O) groups excluding carboxylic acids is 1. The number of carbonyl (C=O) groups is 1. The first-order valence-corrected chi connectivity index (χ1v) is 7.12. The first-order chi connectivity index (χ1) is 9.11. The minimum Gasteiger partial charge on any atom is -0.396 e. The van der Waals surface area contributed by atoms with Gasteiger partial charge >= 0.3 is 0 Å². The Morgan fingerprint density at radius 3 is 2.63 bits per heavy atom. The number of aliphatic hydroxyl groups is 1. The van der Waals surface area contributed by atoms with Crippen molar-refractivity contribution in [3.63, 3.8) is 0 Å². The summed E-state index contributed by atoms with van der Waals surface area (Å²) in [6.07, 6.45) is 1.81. The van der Waals surface area contributed by atoms with Gasteiger partial charge in [0.25, 0.3) is 5.91 Å². The molecule has 1 aliphatic heterocycles. The molecule has 0 bridgehead atoms. The fraction of sp³-hybridized carbons (Fsp3) is 0.562. The molecule has 0 aromatic heterocycles. The van der Waals surface area contributed by atoms with Crippen molar-refractivity contribution >= 4 is 5.91 Å². The molecule has 1 N–H and O–H groups in total. The van der Waals surface area contributed by atoms with Gasteiger partial charge in [-0.2, -0.15) is 0 Å². The van der Waals surface area contributed by atoms with Gasteiger partial charge < -0.3 is 10.0 Å². The van der Waals surface area contributed by atoms with Crippen LogP contribution >= 0.6 is 0 Å². The molecular weight excluding hydrogens is 238 g/mol. The third-order valence-electron chi connectivity index (χ3n) is 3.93. The highest BCUT2D eigenvalue weighted by Gasteiger charge is 2.26. The van der Waals surface area contributed by atoms with Crippen LogP contribution in [0, 0.1) is 5.92 Å². The van der Waals surface area contributed by atoms with E-state index in [0.29, 0.717) is 11.8 Å². The predicted octanol–water partition coefficient (Wildman–Crippen LogP) is 2.65. The van der Waals surface area contributed by atoms with E-state index in [0.717, 1.165) is 31.5 Å². The second kappa shape index (κ2) is 6.20. The highest BCUT2D eigenvalue weighted by molar-refractivity contribution is 5.94. The molecule has 0 aliphatic carbocycles. The Balaban J connectivity index is 2.00. The molecule has 1 atom stereocenters. The molecule has 104 valence electrons. The summed E-state index contributed by atoms with van der Waals surface area (Å²) in [5.41, 5.74) is 2.03. The van der Waals surface area contributed by atoms with Gasteiger partial charge in [-0.3, -0.25) is 4.79 Å². The monoisotopic (exact) mass is 261 g/mol. The van der Waals surface area contributed by atoms with Crippen LogP contribution in [0.1, 0.15) is 48.5 Å². The molecule has 2 rings (SSSR count). The zero-order chi connectivity index (χ0) is 13.8. The molecule has 0 spiro atoms. The Morgan fingerprint density at radius 1 is 1.37 bits per heavy atom. The number of aliphatic hydroxyl groups excluding tert-OH is 1. The Hall–Kier alpha value is -1.35. The SMILES string of the molecule is CC(C)c1ccc(C(=O)N2CCC(CCO)C2)cc1. The van der Waals surface area contributed by atoms with Gasteiger partial charge in [0.15, 0.2) is 0 Å². The van der Waals surface area contributed by atoms with E-state index in [9.17, 15) is 4.79 Å². The minimum atomic E-state index is 0.121. The number of nitrogens with zero attached hydrogens (tertiary/aromatic N) is 1. The van der Waals surface area contributed by atoms with Crippen molar-refractivity contribution in [3.8, 4) is 0 Å². The first-order valence-electron chi connectivity index (χ1n) is 7.12. The van der Waals surface area contributed by atoms with Gasteiger partial charge in [0.05, 0.1) is 0 Å². The molecule has 3 heteroatoms. The molecule has 0 saturated carbocycles. The lowest BCUT2D eigenvalue weighted by Crippen LogP contribution is -2.28. The number of amides is 1. The van der Waals surface area contributed by atoms with Crippen molar-refractivity contribution in [2.24, 2.45) is 5.92 Å². The lowest BCUT2D eigenvalue weighted by atomic mass is 10.0. The van der Waals surface area contributed by atoms with Crippen molar-refractivity contribution in [1.29, 1.82) is 0 Å². The average molecular weight is 261 g/mol. The third kappa shape index (κ3) is 3.35. The number of rotatable bonds is 4. The van der Waals surface area contributed by atoms with E-state index in [2.05, 4.69) is 13.8 Å². The second-order valence-electron chi connectivity index (χ2n) is 5.69. The maximum Gasteiger partial charge on any atom is 0.253 e. The summed E-state index contributed by atoms with van der Waals surface area (Å²) >= 11 is 0. The van der Waals surface area contributed by atoms with E-state index in [1.807, 2.05) is 29.2 Å². The second-order valence-corrected chi connectivity index (χ2v) is 5.69. The summed E-state index contributed by atoms with van der Waals surface area (Å²) in [7, 11) is 0. The molecule has 1 fully saturated rings. The maximum absolute atomic E-state index is 12.3. The number of hydrogen-bond donors (Lipinski definition) is 1. The van der Waals surface area contributed by atoms with Crippen molar-refractivity contribution in [2.45, 2.75) is 32.6 Å². The van der Waals surface area contributed by atoms with Crippen LogP contribution < -0.4 is 0 Å². The predicted molar refractivity (Wildman–Crippen MR) is 76.2 cm³/mol. The average Bonchev–Trinajstić information content (AvgIpc) is 2.87. The zero-order valence-corrected chi connectivity index (χ0v) is 11.8. The highest BCUT2D eigenvalue weighted by Crippen LogP contribution is 2.22. The summed E-state index contributed by atoms with van der Waals surface area (Å²) in [4.78, 5) is 14.2. The summed E-state index contributed by atoms with van der Waals surface area (Å²) in [5.74, 6) is 1.07. The molecule has 1 heterocycles. The molecule has 19 heavy (non-hydrogen) atoms. The molecule has 1 aromatic carbocycles. The Morgan fingerprint density at radius 2 is 2.05 bits per heavy atom. The fourth-order valence-electron chi connectivity index (χ4n) is 2.63. The van der Waals surface area contributed by atoms with Gasteiger partial charge in [-0.1, -0.05) is 26.0 Å². The molecular formula is C16H23NO2. The van der Waals surface area contributed by atoms with Crippen LogP contribution in [0.2, 0.25) is 0 Å². The third-order valence-corrected chi connectivity index (χ3v) is 3.93. The van der Waals surface area contributed by atoms with Crippen LogP contribution in [0.15, 0.2) is 24.3 Å². The zero-order valence-electron chi connectivity index (χ0n) is 11.8. The van der Waals surface area contributed by atoms with Crippen LogP contribution in [0.25, 0.3) is 0 Å². The van der Waals surface area contributed by atoms with Crippen LogP contribution in [0.3, 0.4) is 0 Å². The molecule has 3 nitrogen and oxygen atoms in total. The van der Waals surface area contributed by atoms with E-state index < -0.39 is 0 Å². The number of benzene rings is 1. The van der Waals surface area contributed by atoms with E-state index in [1.165, 1.54) is 5.56 Å². The van der Waals surface area contributed by atoms with E-state index >= 15 is 0 Å². The van der Waals surface area contributed by atoms with Gasteiger partial charge in [-0.05, 0) is 42.4 Å². The topological polar surface area (TPSA) is 40.5 Å². The van der Waals surface area contributed by atoms with Crippen LogP contribution in [-0.2, 0) is 0 Å². The Kier molecular flexibility index (Phi) is 4.59. The van der Waals surface area contributed by atoms with E-state index in [4.69, 9.17) is 5.11 Å². The van der Waals surface area contributed by atoms with Gasteiger partial charge in [-0.25, -0.2) is 0 Å². The molecule has 1 aromatic rings. The van der Waals surface area contributed by atoms with Crippen LogP contribution in [0.4, 0.5) is 0 Å². The van der Waals surface area contributed by atoms with Gasteiger partial charge in [0.2, 0.25) is 0 Å². The van der Waals surface area contributed by atoms with Crippen molar-refractivity contribution < 1.29 is 9.90 Å². The lowest BCUT2D eigenvalue weighted by Gasteiger charge is -2.17. The summed E-state index contributed by atoms with van der Waals surface area (Å²) in [6, 6.07) is 7.94. The Bertz CT molecular complexity index is 425. The minimum absolute atomic E-state index is 0.121. The van der Waals surface area contributed by atoms with Gasteiger partial charge in [0.1, 0.15) is 0 Å². The molecule has 1 saturated heterocycles. The normalized spacial score (nSPS) is 19.2. The highest BCUT2D eigenvalue weighted by atomic mass is 16.3. The van der Waals surface area contributed by atoms with E-state index in [1.54, 1.807) is 0 Å². The molecule has 1 aliphatic rings. The Labute approximate surface area is 115 Å². The lowest BCUT2D eigenvalue weighted by molar-refractivity contribution is 0.0784. The van der Waals surface area contributed by atoms with Crippen LogP contribution in [0.5, 0.6) is 0 Å². The van der Waals surface area contributed by atoms with Crippen molar-refractivity contribution in [1.82, 2.24) is 4.90 Å². The van der Waals surface area contributed by atoms with Crippen molar-refractivity contribution in [2.75, 3.05) is 19.7 Å². The first kappa shape index (κ1) is 14.1. The number of hydrogen-bond acceptors (Lipinski definition) is 2.